The highest BCUT2D eigenvalue weighted by molar-refractivity contribution is 5.75. The van der Waals surface area contributed by atoms with Crippen LogP contribution in [0.3, 0.4) is 0 Å². The van der Waals surface area contributed by atoms with E-state index in [1.165, 1.54) is 0 Å². The Hall–Kier alpha value is -1.36. The van der Waals surface area contributed by atoms with Gasteiger partial charge < -0.3 is 16.0 Å². The number of imidazole rings is 1. The molecule has 5 heteroatoms. The molecule has 0 fully saturated rings. The molecule has 1 heterocycles. The molecule has 0 aromatic carbocycles. The third kappa shape index (κ3) is 3.57. The van der Waals surface area contributed by atoms with Gasteiger partial charge >= 0.3 is 0 Å². The van der Waals surface area contributed by atoms with Crippen LogP contribution in [0.5, 0.6) is 0 Å². The first kappa shape index (κ1) is 10.7. The minimum absolute atomic E-state index is 0.174. The van der Waals surface area contributed by atoms with E-state index >= 15 is 0 Å². The lowest BCUT2D eigenvalue weighted by molar-refractivity contribution is -0.117. The number of rotatable bonds is 6. The lowest BCUT2D eigenvalue weighted by atomic mass is 10.4. The topological polar surface area (TPSA) is 83.8 Å². The Morgan fingerprint density at radius 1 is 1.71 bits per heavy atom. The number of carbonyl (C=O) groups excluding carboxylic acids is 1. The van der Waals surface area contributed by atoms with Crippen molar-refractivity contribution in [1.29, 1.82) is 0 Å². The van der Waals surface area contributed by atoms with Crippen molar-refractivity contribution >= 4 is 5.91 Å². The van der Waals surface area contributed by atoms with Gasteiger partial charge in [0.15, 0.2) is 0 Å². The smallest absolute Gasteiger partial charge is 0.225 e. The number of hydrogen-bond donors (Lipinski definition) is 3. The molecule has 0 aliphatic heterocycles. The SMILES string of the molecule is CCCNCc1cnc(CC(N)=O)[nH]1. The number of primary amides is 1. The van der Waals surface area contributed by atoms with Crippen molar-refractivity contribution in [2.24, 2.45) is 5.73 Å². The van der Waals surface area contributed by atoms with E-state index in [2.05, 4.69) is 22.2 Å². The number of amides is 1. The summed E-state index contributed by atoms with van der Waals surface area (Å²) in [7, 11) is 0. The van der Waals surface area contributed by atoms with Gasteiger partial charge in [0.05, 0.1) is 6.42 Å². The summed E-state index contributed by atoms with van der Waals surface area (Å²) in [5, 5.41) is 3.23. The molecule has 0 atom stereocenters. The Labute approximate surface area is 83.1 Å². The second kappa shape index (κ2) is 5.39. The van der Waals surface area contributed by atoms with E-state index in [-0.39, 0.29) is 12.3 Å². The van der Waals surface area contributed by atoms with Crippen LogP contribution in [0.4, 0.5) is 0 Å². The summed E-state index contributed by atoms with van der Waals surface area (Å²) in [4.78, 5) is 17.7. The molecule has 0 aliphatic carbocycles. The molecule has 78 valence electrons. The highest BCUT2D eigenvalue weighted by Crippen LogP contribution is 1.97. The molecule has 0 aliphatic rings. The van der Waals surface area contributed by atoms with Gasteiger partial charge in [-0.25, -0.2) is 4.98 Å². The zero-order valence-corrected chi connectivity index (χ0v) is 8.34. The third-order valence-corrected chi connectivity index (χ3v) is 1.76. The first-order valence-corrected chi connectivity index (χ1v) is 4.74. The molecular weight excluding hydrogens is 180 g/mol. The van der Waals surface area contributed by atoms with Crippen molar-refractivity contribution in [2.75, 3.05) is 6.54 Å². The average Bonchev–Trinajstić information content (AvgIpc) is 2.52. The van der Waals surface area contributed by atoms with Crippen molar-refractivity contribution in [3.63, 3.8) is 0 Å². The quantitative estimate of drug-likeness (QED) is 0.557. The van der Waals surface area contributed by atoms with Crippen LogP contribution in [-0.4, -0.2) is 22.4 Å². The van der Waals surface area contributed by atoms with Gasteiger partial charge in [-0.3, -0.25) is 4.79 Å². The van der Waals surface area contributed by atoms with Gasteiger partial charge in [-0.2, -0.15) is 0 Å². The molecule has 0 bridgehead atoms. The Kier molecular flexibility index (Phi) is 4.12. The molecule has 0 radical (unpaired) electrons. The zero-order chi connectivity index (χ0) is 10.4. The molecule has 0 spiro atoms. The van der Waals surface area contributed by atoms with Crippen LogP contribution in [-0.2, 0) is 17.8 Å². The van der Waals surface area contributed by atoms with Gasteiger partial charge in [0, 0.05) is 18.4 Å². The molecule has 0 saturated heterocycles. The minimum atomic E-state index is -0.368. The fraction of sp³-hybridized carbons (Fsp3) is 0.556. The zero-order valence-electron chi connectivity index (χ0n) is 8.34. The van der Waals surface area contributed by atoms with Crippen molar-refractivity contribution in [3.8, 4) is 0 Å². The largest absolute Gasteiger partial charge is 0.369 e. The summed E-state index contributed by atoms with van der Waals surface area (Å²) < 4.78 is 0. The Balaban J connectivity index is 2.38. The van der Waals surface area contributed by atoms with Crippen LogP contribution in [0.15, 0.2) is 6.20 Å². The molecule has 1 amide bonds. The highest BCUT2D eigenvalue weighted by atomic mass is 16.1. The standard InChI is InChI=1S/C9H16N4O/c1-2-3-11-5-7-6-12-9(13-7)4-8(10)14/h6,11H,2-5H2,1H3,(H2,10,14)(H,12,13). The van der Waals surface area contributed by atoms with Gasteiger partial charge in [0.2, 0.25) is 5.91 Å². The molecule has 5 nitrogen and oxygen atoms in total. The maximum atomic E-state index is 10.6. The minimum Gasteiger partial charge on any atom is -0.369 e. The van der Waals surface area contributed by atoms with Crippen LogP contribution >= 0.6 is 0 Å². The maximum absolute atomic E-state index is 10.6. The van der Waals surface area contributed by atoms with Gasteiger partial charge in [-0.15, -0.1) is 0 Å². The number of carbonyl (C=O) groups is 1. The van der Waals surface area contributed by atoms with Crippen LogP contribution in [0.1, 0.15) is 24.9 Å². The number of nitrogens with two attached hydrogens (primary N) is 1. The third-order valence-electron chi connectivity index (χ3n) is 1.76. The summed E-state index contributed by atoms with van der Waals surface area (Å²) in [6.07, 6.45) is 3.00. The average molecular weight is 196 g/mol. The predicted molar refractivity (Wildman–Crippen MR) is 53.5 cm³/mol. The monoisotopic (exact) mass is 196 g/mol. The van der Waals surface area contributed by atoms with Crippen molar-refractivity contribution in [3.05, 3.63) is 17.7 Å². The van der Waals surface area contributed by atoms with E-state index in [4.69, 9.17) is 5.73 Å². The van der Waals surface area contributed by atoms with Gasteiger partial charge in [-0.05, 0) is 13.0 Å². The molecule has 1 aromatic heterocycles. The van der Waals surface area contributed by atoms with Gasteiger partial charge in [0.25, 0.3) is 0 Å². The van der Waals surface area contributed by atoms with Crippen LogP contribution < -0.4 is 11.1 Å². The fourth-order valence-electron chi connectivity index (χ4n) is 1.15. The van der Waals surface area contributed by atoms with E-state index in [0.29, 0.717) is 5.82 Å². The summed E-state index contributed by atoms with van der Waals surface area (Å²) in [6, 6.07) is 0. The van der Waals surface area contributed by atoms with Gasteiger partial charge in [0.1, 0.15) is 5.82 Å². The molecule has 0 saturated carbocycles. The Morgan fingerprint density at radius 3 is 3.14 bits per heavy atom. The number of H-pyrrole nitrogens is 1. The number of nitrogens with one attached hydrogen (secondary N) is 2. The summed E-state index contributed by atoms with van der Waals surface area (Å²) in [5.74, 6) is 0.262. The molecular formula is C9H16N4O. The van der Waals surface area contributed by atoms with E-state index in [1.807, 2.05) is 0 Å². The second-order valence-electron chi connectivity index (χ2n) is 3.17. The first-order chi connectivity index (χ1) is 6.72. The maximum Gasteiger partial charge on any atom is 0.225 e. The molecule has 4 N–H and O–H groups in total. The molecule has 1 rings (SSSR count). The lowest BCUT2D eigenvalue weighted by Crippen LogP contribution is -2.15. The normalized spacial score (nSPS) is 10.4. The number of hydrogen-bond acceptors (Lipinski definition) is 3. The van der Waals surface area contributed by atoms with E-state index in [9.17, 15) is 4.79 Å². The van der Waals surface area contributed by atoms with Crippen LogP contribution in [0.25, 0.3) is 0 Å². The first-order valence-electron chi connectivity index (χ1n) is 4.74. The second-order valence-corrected chi connectivity index (χ2v) is 3.17. The van der Waals surface area contributed by atoms with E-state index in [0.717, 1.165) is 25.2 Å². The highest BCUT2D eigenvalue weighted by Gasteiger charge is 2.02. The van der Waals surface area contributed by atoms with E-state index < -0.39 is 0 Å². The lowest BCUT2D eigenvalue weighted by Gasteiger charge is -1.98. The van der Waals surface area contributed by atoms with E-state index in [1.54, 1.807) is 6.20 Å². The molecule has 14 heavy (non-hydrogen) atoms. The Bertz CT molecular complexity index is 295. The fourth-order valence-corrected chi connectivity index (χ4v) is 1.15. The van der Waals surface area contributed by atoms with Crippen LogP contribution in [0, 0.1) is 0 Å². The van der Waals surface area contributed by atoms with Crippen molar-refractivity contribution < 1.29 is 4.79 Å². The summed E-state index contributed by atoms with van der Waals surface area (Å²) in [6.45, 7) is 3.84. The summed E-state index contributed by atoms with van der Waals surface area (Å²) in [5.41, 5.74) is 6.02. The summed E-state index contributed by atoms with van der Waals surface area (Å²) >= 11 is 0. The number of aromatic amines is 1. The number of aromatic nitrogens is 2. The molecule has 0 unspecified atom stereocenters. The van der Waals surface area contributed by atoms with Crippen LogP contribution in [0.2, 0.25) is 0 Å². The van der Waals surface area contributed by atoms with Crippen molar-refractivity contribution in [1.82, 2.24) is 15.3 Å². The Morgan fingerprint density at radius 2 is 2.50 bits per heavy atom. The van der Waals surface area contributed by atoms with Gasteiger partial charge in [-0.1, -0.05) is 6.92 Å². The van der Waals surface area contributed by atoms with Crippen molar-refractivity contribution in [2.45, 2.75) is 26.3 Å². The predicted octanol–water partition coefficient (Wildman–Crippen LogP) is -0.0629. The number of nitrogens with zero attached hydrogens (tertiary/aromatic N) is 1. The molecule has 1 aromatic rings.